The molecule has 20 heavy (non-hydrogen) atoms. The van der Waals surface area contributed by atoms with Gasteiger partial charge in [0.2, 0.25) is 0 Å². The second-order valence-electron chi connectivity index (χ2n) is 3.83. The van der Waals surface area contributed by atoms with Crippen LogP contribution < -0.4 is 10.5 Å². The Morgan fingerprint density at radius 2 is 2.20 bits per heavy atom. The van der Waals surface area contributed by atoms with Crippen LogP contribution in [0.25, 0.3) is 0 Å². The number of aryl methyl sites for hydroxylation is 1. The summed E-state index contributed by atoms with van der Waals surface area (Å²) in [6.45, 7) is 0.235. The first-order valence-electron chi connectivity index (χ1n) is 5.69. The van der Waals surface area contributed by atoms with E-state index in [1.165, 1.54) is 29.2 Å². The van der Waals surface area contributed by atoms with Crippen molar-refractivity contribution < 1.29 is 8.42 Å². The van der Waals surface area contributed by atoms with Crippen LogP contribution in [0.2, 0.25) is 0 Å². The zero-order valence-electron chi connectivity index (χ0n) is 10.7. The molecule has 0 atom stereocenters. The van der Waals surface area contributed by atoms with Gasteiger partial charge >= 0.3 is 0 Å². The van der Waals surface area contributed by atoms with E-state index in [4.69, 9.17) is 5.73 Å². The summed E-state index contributed by atoms with van der Waals surface area (Å²) in [5, 5.41) is 3.88. The van der Waals surface area contributed by atoms with Gasteiger partial charge in [0.05, 0.1) is 12.7 Å². The first-order valence-corrected chi connectivity index (χ1v) is 7.17. The molecule has 0 aliphatic carbocycles. The number of nitrogens with two attached hydrogens (primary N) is 1. The van der Waals surface area contributed by atoms with Crippen molar-refractivity contribution in [2.24, 2.45) is 12.8 Å². The van der Waals surface area contributed by atoms with Gasteiger partial charge in [0, 0.05) is 18.8 Å². The van der Waals surface area contributed by atoms with Gasteiger partial charge in [0.1, 0.15) is 5.82 Å². The van der Waals surface area contributed by atoms with E-state index < -0.39 is 10.0 Å². The Balaban J connectivity index is 2.28. The first-order chi connectivity index (χ1) is 9.53. The highest BCUT2D eigenvalue weighted by Crippen LogP contribution is 2.13. The highest BCUT2D eigenvalue weighted by atomic mass is 32.2. The van der Waals surface area contributed by atoms with E-state index in [-0.39, 0.29) is 17.4 Å². The van der Waals surface area contributed by atoms with E-state index in [0.717, 1.165) is 0 Å². The normalized spacial score (nSPS) is 10.7. The van der Waals surface area contributed by atoms with Crippen molar-refractivity contribution in [2.45, 2.75) is 5.03 Å². The monoisotopic (exact) mass is 291 g/mol. The minimum atomic E-state index is -3.72. The molecule has 0 fully saturated rings. The second kappa shape index (κ2) is 5.73. The lowest BCUT2D eigenvalue weighted by Gasteiger charge is -2.07. The molecule has 2 aromatic rings. The number of pyridine rings is 1. The van der Waals surface area contributed by atoms with E-state index in [2.05, 4.69) is 26.6 Å². The summed E-state index contributed by atoms with van der Waals surface area (Å²) in [6.07, 6.45) is 2.88. The van der Waals surface area contributed by atoms with Gasteiger partial charge in [-0.3, -0.25) is 9.40 Å². The molecule has 0 amide bonds. The molecule has 0 spiro atoms. The Kier molecular flexibility index (Phi) is 4.02. The Hall–Kier alpha value is -2.37. The minimum Gasteiger partial charge on any atom is -0.320 e. The van der Waals surface area contributed by atoms with Gasteiger partial charge in [-0.1, -0.05) is 11.8 Å². The third-order valence-corrected chi connectivity index (χ3v) is 3.81. The predicted octanol–water partition coefficient (Wildman–Crippen LogP) is -0.0739. The number of aromatic nitrogens is 3. The summed E-state index contributed by atoms with van der Waals surface area (Å²) in [7, 11) is -2.18. The van der Waals surface area contributed by atoms with E-state index in [9.17, 15) is 8.42 Å². The number of hydrogen-bond acceptors (Lipinski definition) is 5. The van der Waals surface area contributed by atoms with Gasteiger partial charge in [0.25, 0.3) is 10.0 Å². The number of hydrogen-bond donors (Lipinski definition) is 2. The molecule has 0 aliphatic heterocycles. The zero-order valence-corrected chi connectivity index (χ0v) is 11.6. The van der Waals surface area contributed by atoms with Crippen molar-refractivity contribution >= 4 is 15.8 Å². The molecule has 3 N–H and O–H groups in total. The molecular weight excluding hydrogens is 278 g/mol. The molecule has 0 aliphatic rings. The summed E-state index contributed by atoms with van der Waals surface area (Å²) >= 11 is 0. The maximum atomic E-state index is 12.1. The molecule has 0 aromatic carbocycles. The highest BCUT2D eigenvalue weighted by Gasteiger charge is 2.18. The van der Waals surface area contributed by atoms with Gasteiger partial charge in [-0.15, -0.1) is 0 Å². The van der Waals surface area contributed by atoms with Gasteiger partial charge in [-0.05, 0) is 18.2 Å². The van der Waals surface area contributed by atoms with Crippen molar-refractivity contribution in [3.63, 3.8) is 0 Å². The average molecular weight is 291 g/mol. The fourth-order valence-corrected chi connectivity index (χ4v) is 2.66. The van der Waals surface area contributed by atoms with Gasteiger partial charge in [0.15, 0.2) is 5.03 Å². The number of anilines is 1. The summed E-state index contributed by atoms with van der Waals surface area (Å²) in [5.74, 6) is 5.69. The summed E-state index contributed by atoms with van der Waals surface area (Å²) < 4.78 is 27.9. The molecule has 0 saturated carbocycles. The topological polar surface area (TPSA) is 103 Å². The smallest absolute Gasteiger partial charge is 0.280 e. The van der Waals surface area contributed by atoms with E-state index in [0.29, 0.717) is 5.56 Å². The van der Waals surface area contributed by atoms with E-state index in [1.54, 1.807) is 13.1 Å². The largest absolute Gasteiger partial charge is 0.320 e. The standard InChI is InChI=1S/C12H13N5O2S/c1-17-12(5-8-15-17)20(18,19)16-11-9-10(3-2-6-13)4-7-14-11/h4-5,7-9H,6,13H2,1H3,(H,14,16). The lowest BCUT2D eigenvalue weighted by atomic mass is 10.2. The molecule has 0 bridgehead atoms. The van der Waals surface area contributed by atoms with Crippen molar-refractivity contribution in [2.75, 3.05) is 11.3 Å². The van der Waals surface area contributed by atoms with Crippen LogP contribution in [0, 0.1) is 11.8 Å². The van der Waals surface area contributed by atoms with Gasteiger partial charge < -0.3 is 5.73 Å². The Morgan fingerprint density at radius 1 is 1.40 bits per heavy atom. The Labute approximate surface area is 116 Å². The SMILES string of the molecule is Cn1nccc1S(=O)(=O)Nc1cc(C#CCN)ccn1. The molecule has 2 aromatic heterocycles. The minimum absolute atomic E-state index is 0.0535. The van der Waals surface area contributed by atoms with Crippen LogP contribution in [-0.4, -0.2) is 29.7 Å². The number of sulfonamides is 1. The number of rotatable bonds is 3. The third-order valence-electron chi connectivity index (χ3n) is 2.38. The predicted molar refractivity (Wildman–Crippen MR) is 74.2 cm³/mol. The molecule has 8 heteroatoms. The number of nitrogens with zero attached hydrogens (tertiary/aromatic N) is 3. The van der Waals surface area contributed by atoms with E-state index >= 15 is 0 Å². The maximum Gasteiger partial charge on any atom is 0.280 e. The quantitative estimate of drug-likeness (QED) is 0.770. The van der Waals surface area contributed by atoms with Crippen LogP contribution in [0.5, 0.6) is 0 Å². The van der Waals surface area contributed by atoms with Crippen LogP contribution in [0.1, 0.15) is 5.56 Å². The van der Waals surface area contributed by atoms with Crippen LogP contribution >= 0.6 is 0 Å². The van der Waals surface area contributed by atoms with Crippen LogP contribution in [0.3, 0.4) is 0 Å². The van der Waals surface area contributed by atoms with Crippen LogP contribution in [0.4, 0.5) is 5.82 Å². The second-order valence-corrected chi connectivity index (χ2v) is 5.46. The maximum absolute atomic E-state index is 12.1. The molecule has 2 heterocycles. The van der Waals surface area contributed by atoms with Gasteiger partial charge in [-0.2, -0.15) is 13.5 Å². The fourth-order valence-electron chi connectivity index (χ4n) is 1.53. The summed E-state index contributed by atoms with van der Waals surface area (Å²) in [6, 6.07) is 4.61. The lowest BCUT2D eigenvalue weighted by Crippen LogP contribution is -2.17. The zero-order chi connectivity index (χ0) is 14.6. The van der Waals surface area contributed by atoms with Gasteiger partial charge in [-0.25, -0.2) is 4.98 Å². The van der Waals surface area contributed by atoms with Crippen LogP contribution in [-0.2, 0) is 17.1 Å². The average Bonchev–Trinajstić information content (AvgIpc) is 2.83. The molecule has 7 nitrogen and oxygen atoms in total. The third kappa shape index (κ3) is 3.14. The Morgan fingerprint density at radius 3 is 2.85 bits per heavy atom. The summed E-state index contributed by atoms with van der Waals surface area (Å²) in [4.78, 5) is 3.95. The van der Waals surface area contributed by atoms with Crippen molar-refractivity contribution in [3.05, 3.63) is 36.2 Å². The van der Waals surface area contributed by atoms with Crippen molar-refractivity contribution in [1.29, 1.82) is 0 Å². The highest BCUT2D eigenvalue weighted by molar-refractivity contribution is 7.92. The van der Waals surface area contributed by atoms with Crippen molar-refractivity contribution in [3.8, 4) is 11.8 Å². The lowest BCUT2D eigenvalue weighted by molar-refractivity contribution is 0.582. The molecule has 0 saturated heterocycles. The Bertz CT molecular complexity index is 770. The molecule has 0 radical (unpaired) electrons. The fraction of sp³-hybridized carbons (Fsp3) is 0.167. The summed E-state index contributed by atoms with van der Waals surface area (Å²) in [5.41, 5.74) is 5.92. The molecule has 2 rings (SSSR count). The molecule has 0 unspecified atom stereocenters. The number of nitrogens with one attached hydrogen (secondary N) is 1. The molecular formula is C12H13N5O2S. The van der Waals surface area contributed by atoms with Crippen LogP contribution in [0.15, 0.2) is 35.6 Å². The molecule has 104 valence electrons. The first kappa shape index (κ1) is 14.0. The van der Waals surface area contributed by atoms with Crippen molar-refractivity contribution in [1.82, 2.24) is 14.8 Å². The van der Waals surface area contributed by atoms with E-state index in [1.807, 2.05) is 0 Å².